The summed E-state index contributed by atoms with van der Waals surface area (Å²) in [6.45, 7) is 0.831. The summed E-state index contributed by atoms with van der Waals surface area (Å²) in [5.74, 6) is -0.293. The first-order valence-corrected chi connectivity index (χ1v) is 8.66. The van der Waals surface area contributed by atoms with Gasteiger partial charge >= 0.3 is 6.03 Å². The molecule has 0 aliphatic rings. The Hall–Kier alpha value is -1.60. The van der Waals surface area contributed by atoms with Gasteiger partial charge in [0.15, 0.2) is 0 Å². The van der Waals surface area contributed by atoms with Gasteiger partial charge in [0.1, 0.15) is 5.82 Å². The Morgan fingerprint density at radius 1 is 1.26 bits per heavy atom. The number of hydrogen-bond donors (Lipinski definition) is 1. The molecule has 7 heteroatoms. The van der Waals surface area contributed by atoms with Crippen LogP contribution in [-0.2, 0) is 13.1 Å². The van der Waals surface area contributed by atoms with Crippen LogP contribution < -0.4 is 10.2 Å². The molecule has 0 radical (unpaired) electrons. The molecule has 2 aromatic rings. The summed E-state index contributed by atoms with van der Waals surface area (Å²) in [5.41, 5.74) is 1.26. The molecule has 0 aliphatic carbocycles. The molecular weight excluding hydrogens is 381 g/mol. The van der Waals surface area contributed by atoms with Gasteiger partial charge in [-0.3, -0.25) is 0 Å². The molecule has 0 aliphatic heterocycles. The van der Waals surface area contributed by atoms with E-state index in [1.165, 1.54) is 6.07 Å². The van der Waals surface area contributed by atoms with Crippen LogP contribution in [0.1, 0.15) is 10.4 Å². The number of carbonyl (C=O) groups excluding carboxylic acids is 1. The van der Waals surface area contributed by atoms with Gasteiger partial charge in [-0.2, -0.15) is 0 Å². The first kappa shape index (κ1) is 17.7. The number of thiophene rings is 1. The zero-order valence-corrected chi connectivity index (χ0v) is 15.7. The monoisotopic (exact) mass is 399 g/mol. The van der Waals surface area contributed by atoms with Crippen LogP contribution in [0.15, 0.2) is 34.1 Å². The van der Waals surface area contributed by atoms with Crippen LogP contribution in [0.3, 0.4) is 0 Å². The summed E-state index contributed by atoms with van der Waals surface area (Å²) >= 11 is 5.00. The highest BCUT2D eigenvalue weighted by atomic mass is 79.9. The number of rotatable bonds is 5. The molecule has 0 spiro atoms. The summed E-state index contributed by atoms with van der Waals surface area (Å²) in [4.78, 5) is 16.5. The topological polar surface area (TPSA) is 35.6 Å². The fourth-order valence-electron chi connectivity index (χ4n) is 2.08. The van der Waals surface area contributed by atoms with Gasteiger partial charge in [0.05, 0.1) is 16.0 Å². The van der Waals surface area contributed by atoms with Crippen molar-refractivity contribution in [2.24, 2.45) is 0 Å². The van der Waals surface area contributed by atoms with Crippen molar-refractivity contribution >= 4 is 39.0 Å². The fraction of sp³-hybridized carbons (Fsp3) is 0.312. The quantitative estimate of drug-likeness (QED) is 0.822. The lowest BCUT2D eigenvalue weighted by molar-refractivity contribution is 0.207. The van der Waals surface area contributed by atoms with Crippen molar-refractivity contribution in [3.05, 3.63) is 50.4 Å². The van der Waals surface area contributed by atoms with Gasteiger partial charge < -0.3 is 15.1 Å². The van der Waals surface area contributed by atoms with Crippen LogP contribution in [0.2, 0.25) is 0 Å². The SMILES string of the molecule is CN(Cc1ccc(Br)s1)C(=O)NCc1ccc(N(C)C)c(F)c1. The molecule has 23 heavy (non-hydrogen) atoms. The number of urea groups is 1. The second-order valence-electron chi connectivity index (χ2n) is 5.40. The molecule has 1 aromatic carbocycles. The van der Waals surface area contributed by atoms with Gasteiger partial charge in [0.25, 0.3) is 0 Å². The number of anilines is 1. The zero-order chi connectivity index (χ0) is 17.0. The van der Waals surface area contributed by atoms with Gasteiger partial charge in [0.2, 0.25) is 0 Å². The highest BCUT2D eigenvalue weighted by Crippen LogP contribution is 2.23. The van der Waals surface area contributed by atoms with Crippen LogP contribution in [0.5, 0.6) is 0 Å². The van der Waals surface area contributed by atoms with Crippen LogP contribution in [0.4, 0.5) is 14.9 Å². The Labute approximate surface area is 148 Å². The molecule has 0 saturated heterocycles. The average molecular weight is 400 g/mol. The lowest BCUT2D eigenvalue weighted by atomic mass is 10.2. The number of carbonyl (C=O) groups is 1. The predicted molar refractivity (Wildman–Crippen MR) is 96.4 cm³/mol. The van der Waals surface area contributed by atoms with E-state index in [0.29, 0.717) is 18.8 Å². The first-order chi connectivity index (χ1) is 10.9. The first-order valence-electron chi connectivity index (χ1n) is 7.05. The number of nitrogens with one attached hydrogen (secondary N) is 1. The molecule has 2 amide bonds. The lowest BCUT2D eigenvalue weighted by Crippen LogP contribution is -2.36. The van der Waals surface area contributed by atoms with E-state index in [9.17, 15) is 9.18 Å². The smallest absolute Gasteiger partial charge is 0.317 e. The van der Waals surface area contributed by atoms with E-state index in [1.54, 1.807) is 48.3 Å². The van der Waals surface area contributed by atoms with Crippen LogP contribution in [0.25, 0.3) is 0 Å². The Balaban J connectivity index is 1.89. The number of benzene rings is 1. The zero-order valence-electron chi connectivity index (χ0n) is 13.3. The van der Waals surface area contributed by atoms with Crippen molar-refractivity contribution in [3.63, 3.8) is 0 Å². The predicted octanol–water partition coefficient (Wildman–Crippen LogP) is 4.06. The van der Waals surface area contributed by atoms with Crippen molar-refractivity contribution < 1.29 is 9.18 Å². The van der Waals surface area contributed by atoms with E-state index in [2.05, 4.69) is 21.2 Å². The van der Waals surface area contributed by atoms with Crippen molar-refractivity contribution in [2.75, 3.05) is 26.0 Å². The van der Waals surface area contributed by atoms with E-state index < -0.39 is 0 Å². The highest BCUT2D eigenvalue weighted by molar-refractivity contribution is 9.11. The normalized spacial score (nSPS) is 10.5. The minimum absolute atomic E-state index is 0.188. The maximum atomic E-state index is 13.9. The van der Waals surface area contributed by atoms with Crippen molar-refractivity contribution in [3.8, 4) is 0 Å². The number of amides is 2. The standard InChI is InChI=1S/C16H19BrFN3OS/c1-20(2)14-6-4-11(8-13(14)18)9-19-16(22)21(3)10-12-5-7-15(17)23-12/h4-8H,9-10H2,1-3H3,(H,19,22). The van der Waals surface area contributed by atoms with E-state index in [0.717, 1.165) is 14.2 Å². The summed E-state index contributed by atoms with van der Waals surface area (Å²) in [6.07, 6.45) is 0. The second kappa shape index (κ2) is 7.79. The molecule has 0 fully saturated rings. The van der Waals surface area contributed by atoms with Crippen molar-refractivity contribution in [2.45, 2.75) is 13.1 Å². The third-order valence-electron chi connectivity index (χ3n) is 3.31. The molecule has 1 N–H and O–H groups in total. The van der Waals surface area contributed by atoms with Crippen LogP contribution in [0, 0.1) is 5.82 Å². The Bertz CT molecular complexity index is 690. The van der Waals surface area contributed by atoms with E-state index in [-0.39, 0.29) is 11.8 Å². The third kappa shape index (κ3) is 4.94. The number of halogens is 2. The molecule has 1 aromatic heterocycles. The van der Waals surface area contributed by atoms with E-state index in [1.807, 2.05) is 18.2 Å². The number of hydrogen-bond acceptors (Lipinski definition) is 3. The highest BCUT2D eigenvalue weighted by Gasteiger charge is 2.11. The summed E-state index contributed by atoms with van der Waals surface area (Å²) in [7, 11) is 5.31. The molecule has 0 saturated carbocycles. The van der Waals surface area contributed by atoms with Crippen LogP contribution >= 0.6 is 27.3 Å². The Kier molecular flexibility index (Phi) is 6.01. The Morgan fingerprint density at radius 3 is 2.57 bits per heavy atom. The average Bonchev–Trinajstić information content (AvgIpc) is 2.89. The summed E-state index contributed by atoms with van der Waals surface area (Å²) in [6, 6.07) is 8.73. The molecule has 0 unspecified atom stereocenters. The fourth-order valence-corrected chi connectivity index (χ4v) is 3.61. The maximum Gasteiger partial charge on any atom is 0.317 e. The molecule has 2 rings (SSSR count). The lowest BCUT2D eigenvalue weighted by Gasteiger charge is -2.18. The third-order valence-corrected chi connectivity index (χ3v) is 4.91. The summed E-state index contributed by atoms with van der Waals surface area (Å²) in [5, 5.41) is 2.80. The van der Waals surface area contributed by atoms with Gasteiger partial charge in [-0.05, 0) is 45.8 Å². The molecule has 1 heterocycles. The molecule has 124 valence electrons. The van der Waals surface area contributed by atoms with E-state index >= 15 is 0 Å². The molecular formula is C16H19BrFN3OS. The van der Waals surface area contributed by atoms with Gasteiger partial charge in [0, 0.05) is 32.6 Å². The molecule has 4 nitrogen and oxygen atoms in total. The van der Waals surface area contributed by atoms with E-state index in [4.69, 9.17) is 0 Å². The Morgan fingerprint density at radius 2 is 2.00 bits per heavy atom. The minimum Gasteiger partial charge on any atom is -0.375 e. The molecule has 0 bridgehead atoms. The second-order valence-corrected chi connectivity index (χ2v) is 7.95. The maximum absolute atomic E-state index is 13.9. The minimum atomic E-state index is -0.293. The van der Waals surface area contributed by atoms with Crippen molar-refractivity contribution in [1.82, 2.24) is 10.2 Å². The van der Waals surface area contributed by atoms with Crippen molar-refractivity contribution in [1.29, 1.82) is 0 Å². The largest absolute Gasteiger partial charge is 0.375 e. The summed E-state index contributed by atoms with van der Waals surface area (Å²) < 4.78 is 14.9. The van der Waals surface area contributed by atoms with Crippen LogP contribution in [-0.4, -0.2) is 32.1 Å². The molecule has 0 atom stereocenters. The van der Waals surface area contributed by atoms with Gasteiger partial charge in [-0.1, -0.05) is 6.07 Å². The number of nitrogens with zero attached hydrogens (tertiary/aromatic N) is 2. The van der Waals surface area contributed by atoms with Gasteiger partial charge in [-0.25, -0.2) is 9.18 Å². The van der Waals surface area contributed by atoms with Gasteiger partial charge in [-0.15, -0.1) is 11.3 Å².